The Kier molecular flexibility index (Phi) is 4.11. The normalized spacial score (nSPS) is 23.4. The zero-order valence-electron chi connectivity index (χ0n) is 13.5. The van der Waals surface area contributed by atoms with Crippen molar-refractivity contribution < 1.29 is 19.4 Å². The maximum Gasteiger partial charge on any atom is 0.329 e. The summed E-state index contributed by atoms with van der Waals surface area (Å²) in [6.07, 6.45) is 1.64. The quantitative estimate of drug-likeness (QED) is 0.920. The summed E-state index contributed by atoms with van der Waals surface area (Å²) < 4.78 is 6.86. The van der Waals surface area contributed by atoms with Gasteiger partial charge >= 0.3 is 5.97 Å². The molecule has 1 N–H and O–H groups in total. The van der Waals surface area contributed by atoms with Crippen molar-refractivity contribution in [3.8, 4) is 5.69 Å². The van der Waals surface area contributed by atoms with E-state index in [2.05, 4.69) is 5.10 Å². The number of aliphatic carboxylic acids is 1. The van der Waals surface area contributed by atoms with E-state index in [4.69, 9.17) is 4.74 Å². The van der Waals surface area contributed by atoms with E-state index in [0.717, 1.165) is 5.69 Å². The number of carbonyl (C=O) groups excluding carboxylic acids is 1. The van der Waals surface area contributed by atoms with Gasteiger partial charge in [0.15, 0.2) is 5.69 Å². The van der Waals surface area contributed by atoms with Gasteiger partial charge in [-0.05, 0) is 25.1 Å². The van der Waals surface area contributed by atoms with Crippen LogP contribution in [0.2, 0.25) is 0 Å². The van der Waals surface area contributed by atoms with Crippen LogP contribution in [-0.2, 0) is 9.53 Å². The average molecular weight is 329 g/mol. The lowest BCUT2D eigenvalue weighted by Gasteiger charge is -2.30. The number of para-hydroxylation sites is 1. The smallest absolute Gasteiger partial charge is 0.329 e. The van der Waals surface area contributed by atoms with Gasteiger partial charge < -0.3 is 14.7 Å². The predicted octanol–water partition coefficient (Wildman–Crippen LogP) is 1.58. The van der Waals surface area contributed by atoms with Crippen LogP contribution in [0, 0.1) is 0 Å². The van der Waals surface area contributed by atoms with Crippen LogP contribution in [0.25, 0.3) is 5.69 Å². The highest BCUT2D eigenvalue weighted by atomic mass is 16.5. The molecule has 2 heterocycles. The molecule has 1 amide bonds. The van der Waals surface area contributed by atoms with Crippen LogP contribution in [0.1, 0.15) is 23.8 Å². The molecule has 1 aromatic heterocycles. The Bertz CT molecular complexity index is 758. The molecule has 0 radical (unpaired) electrons. The lowest BCUT2D eigenvalue weighted by Crippen LogP contribution is -2.50. The first-order chi connectivity index (χ1) is 11.5. The SMILES string of the molecule is COC1CN(C(=O)c2ccn(-c3ccccc3)n2)C(C)(C(=O)O)C1. The Balaban J connectivity index is 1.89. The maximum absolute atomic E-state index is 12.8. The Morgan fingerprint density at radius 2 is 2.00 bits per heavy atom. The van der Waals surface area contributed by atoms with Crippen LogP contribution in [0.3, 0.4) is 0 Å². The molecule has 1 aliphatic heterocycles. The standard InChI is InChI=1S/C17H19N3O4/c1-17(16(22)23)10-13(24-2)11-19(17)15(21)14-8-9-20(18-14)12-6-4-3-5-7-12/h3-9,13H,10-11H2,1-2H3,(H,22,23). The molecule has 0 spiro atoms. The summed E-state index contributed by atoms with van der Waals surface area (Å²) in [5.74, 6) is -1.45. The first-order valence-corrected chi connectivity index (χ1v) is 7.65. The number of ether oxygens (including phenoxy) is 1. The fourth-order valence-corrected chi connectivity index (χ4v) is 2.99. The number of rotatable bonds is 4. The van der Waals surface area contributed by atoms with E-state index in [1.807, 2.05) is 30.3 Å². The summed E-state index contributed by atoms with van der Waals surface area (Å²) in [6, 6.07) is 11.0. The first kappa shape index (κ1) is 16.2. The zero-order chi connectivity index (χ0) is 17.3. The molecular formula is C17H19N3O4. The van der Waals surface area contributed by atoms with Gasteiger partial charge in [0, 0.05) is 26.3 Å². The molecule has 1 aliphatic rings. The van der Waals surface area contributed by atoms with E-state index in [9.17, 15) is 14.7 Å². The topological polar surface area (TPSA) is 84.7 Å². The molecule has 7 nitrogen and oxygen atoms in total. The van der Waals surface area contributed by atoms with Gasteiger partial charge in [0.2, 0.25) is 0 Å². The minimum Gasteiger partial charge on any atom is -0.480 e. The molecular weight excluding hydrogens is 310 g/mol. The van der Waals surface area contributed by atoms with Crippen molar-refractivity contribution in [2.24, 2.45) is 0 Å². The molecule has 3 rings (SSSR count). The number of hydrogen-bond acceptors (Lipinski definition) is 4. The van der Waals surface area contributed by atoms with Gasteiger partial charge in [0.25, 0.3) is 5.91 Å². The van der Waals surface area contributed by atoms with Crippen LogP contribution in [-0.4, -0.2) is 57.0 Å². The minimum absolute atomic E-state index is 0.211. The van der Waals surface area contributed by atoms with Gasteiger partial charge in [-0.3, -0.25) is 4.79 Å². The third kappa shape index (κ3) is 2.67. The second-order valence-electron chi connectivity index (χ2n) is 6.04. The van der Waals surface area contributed by atoms with Crippen molar-refractivity contribution in [3.05, 3.63) is 48.3 Å². The second kappa shape index (κ2) is 6.09. The fraction of sp³-hybridized carbons (Fsp3) is 0.353. The number of carboxylic acid groups (broad SMARTS) is 1. The zero-order valence-corrected chi connectivity index (χ0v) is 13.5. The van der Waals surface area contributed by atoms with E-state index in [-0.39, 0.29) is 24.8 Å². The number of hydrogen-bond donors (Lipinski definition) is 1. The van der Waals surface area contributed by atoms with Crippen molar-refractivity contribution in [2.45, 2.75) is 25.0 Å². The molecule has 1 aromatic carbocycles. The van der Waals surface area contributed by atoms with Gasteiger partial charge in [-0.25, -0.2) is 9.48 Å². The van der Waals surface area contributed by atoms with Crippen molar-refractivity contribution in [1.29, 1.82) is 0 Å². The number of likely N-dealkylation sites (tertiary alicyclic amines) is 1. The van der Waals surface area contributed by atoms with Gasteiger partial charge in [-0.2, -0.15) is 5.10 Å². The van der Waals surface area contributed by atoms with Gasteiger partial charge in [0.1, 0.15) is 5.54 Å². The number of carbonyl (C=O) groups is 2. The molecule has 1 saturated heterocycles. The summed E-state index contributed by atoms with van der Waals surface area (Å²) in [7, 11) is 1.52. The highest BCUT2D eigenvalue weighted by Gasteiger charge is 2.50. The summed E-state index contributed by atoms with van der Waals surface area (Å²) in [5, 5.41) is 13.9. The third-order valence-corrected chi connectivity index (χ3v) is 4.48. The number of amides is 1. The molecule has 0 bridgehead atoms. The second-order valence-corrected chi connectivity index (χ2v) is 6.04. The van der Waals surface area contributed by atoms with Crippen LogP contribution < -0.4 is 0 Å². The number of carboxylic acids is 1. The van der Waals surface area contributed by atoms with Crippen molar-refractivity contribution in [1.82, 2.24) is 14.7 Å². The van der Waals surface area contributed by atoms with Crippen molar-refractivity contribution in [2.75, 3.05) is 13.7 Å². The summed E-state index contributed by atoms with van der Waals surface area (Å²) in [5.41, 5.74) is -0.259. The van der Waals surface area contributed by atoms with E-state index in [1.54, 1.807) is 23.9 Å². The molecule has 0 saturated carbocycles. The Morgan fingerprint density at radius 1 is 1.29 bits per heavy atom. The van der Waals surface area contributed by atoms with Gasteiger partial charge in [-0.15, -0.1) is 0 Å². The van der Waals surface area contributed by atoms with E-state index in [0.29, 0.717) is 0 Å². The van der Waals surface area contributed by atoms with Crippen LogP contribution >= 0.6 is 0 Å². The minimum atomic E-state index is -1.30. The Labute approximate surface area is 139 Å². The van der Waals surface area contributed by atoms with Gasteiger partial charge in [-0.1, -0.05) is 18.2 Å². The number of benzene rings is 1. The fourth-order valence-electron chi connectivity index (χ4n) is 2.99. The maximum atomic E-state index is 12.8. The monoisotopic (exact) mass is 329 g/mol. The number of aromatic nitrogens is 2. The molecule has 24 heavy (non-hydrogen) atoms. The summed E-state index contributed by atoms with van der Waals surface area (Å²) in [4.78, 5) is 25.8. The van der Waals surface area contributed by atoms with Crippen molar-refractivity contribution >= 4 is 11.9 Å². The van der Waals surface area contributed by atoms with Crippen LogP contribution in [0.15, 0.2) is 42.6 Å². The van der Waals surface area contributed by atoms with E-state index >= 15 is 0 Å². The Morgan fingerprint density at radius 3 is 2.62 bits per heavy atom. The van der Waals surface area contributed by atoms with E-state index in [1.165, 1.54) is 12.0 Å². The highest BCUT2D eigenvalue weighted by molar-refractivity contribution is 5.96. The molecule has 2 unspecified atom stereocenters. The van der Waals surface area contributed by atoms with Crippen molar-refractivity contribution in [3.63, 3.8) is 0 Å². The average Bonchev–Trinajstić information content (AvgIpc) is 3.20. The third-order valence-electron chi connectivity index (χ3n) is 4.48. The van der Waals surface area contributed by atoms with Crippen LogP contribution in [0.5, 0.6) is 0 Å². The van der Waals surface area contributed by atoms with Crippen LogP contribution in [0.4, 0.5) is 0 Å². The molecule has 1 fully saturated rings. The van der Waals surface area contributed by atoms with E-state index < -0.39 is 17.4 Å². The highest BCUT2D eigenvalue weighted by Crippen LogP contribution is 2.32. The number of nitrogens with zero attached hydrogens (tertiary/aromatic N) is 3. The summed E-state index contributed by atoms with van der Waals surface area (Å²) in [6.45, 7) is 1.77. The lowest BCUT2D eigenvalue weighted by molar-refractivity contribution is -0.147. The van der Waals surface area contributed by atoms with Gasteiger partial charge in [0.05, 0.1) is 11.8 Å². The summed E-state index contributed by atoms with van der Waals surface area (Å²) >= 11 is 0. The Hall–Kier alpha value is -2.67. The first-order valence-electron chi connectivity index (χ1n) is 7.65. The molecule has 0 aliphatic carbocycles. The largest absolute Gasteiger partial charge is 0.480 e. The molecule has 2 aromatic rings. The lowest BCUT2D eigenvalue weighted by atomic mass is 9.98. The molecule has 2 atom stereocenters. The predicted molar refractivity (Wildman–Crippen MR) is 86.1 cm³/mol. The number of methoxy groups -OCH3 is 1. The molecule has 126 valence electrons. The molecule has 7 heteroatoms.